The topological polar surface area (TPSA) is 29.4 Å². The summed E-state index contributed by atoms with van der Waals surface area (Å²) in [6, 6.07) is -0.179. The predicted molar refractivity (Wildman–Crippen MR) is 33.1 cm³/mol. The van der Waals surface area contributed by atoms with Crippen LogP contribution in [0, 0.1) is 11.8 Å². The van der Waals surface area contributed by atoms with Crippen LogP contribution in [0.4, 0.5) is 8.78 Å². The molecule has 0 aromatic rings. The lowest BCUT2D eigenvalue weighted by Gasteiger charge is -2.05. The van der Waals surface area contributed by atoms with Crippen LogP contribution in [0.15, 0.2) is 4.99 Å². The molecule has 2 saturated carbocycles. The highest BCUT2D eigenvalue weighted by atomic mass is 19.3. The quantitative estimate of drug-likeness (QED) is 0.419. The first-order valence-electron chi connectivity index (χ1n) is 3.61. The van der Waals surface area contributed by atoms with Crippen LogP contribution < -0.4 is 0 Å². The molecular formula is C7H7F2NO. The first-order valence-corrected chi connectivity index (χ1v) is 3.61. The van der Waals surface area contributed by atoms with E-state index in [0.29, 0.717) is 12.8 Å². The van der Waals surface area contributed by atoms with Gasteiger partial charge < -0.3 is 0 Å². The zero-order chi connectivity index (χ0) is 8.06. The molecule has 0 heterocycles. The second-order valence-electron chi connectivity index (χ2n) is 3.23. The zero-order valence-corrected chi connectivity index (χ0v) is 5.76. The highest BCUT2D eigenvalue weighted by molar-refractivity contribution is 5.34. The van der Waals surface area contributed by atoms with Crippen LogP contribution in [0.25, 0.3) is 0 Å². The lowest BCUT2D eigenvalue weighted by molar-refractivity contribution is 0.0700. The number of aliphatic imine (C=N–C) groups is 1. The molecule has 0 N–H and O–H groups in total. The maximum Gasteiger partial charge on any atom is 0.254 e. The Balaban J connectivity index is 1.99. The Labute approximate surface area is 62.3 Å². The van der Waals surface area contributed by atoms with Gasteiger partial charge in [0.05, 0.1) is 6.04 Å². The summed E-state index contributed by atoms with van der Waals surface area (Å²) in [4.78, 5) is 13.2. The van der Waals surface area contributed by atoms with Gasteiger partial charge in [-0.25, -0.2) is 18.6 Å². The van der Waals surface area contributed by atoms with Crippen molar-refractivity contribution in [2.75, 3.05) is 0 Å². The fourth-order valence-corrected chi connectivity index (χ4v) is 1.97. The molecule has 60 valence electrons. The zero-order valence-electron chi connectivity index (χ0n) is 5.76. The average molecular weight is 159 g/mol. The minimum Gasteiger partial charge on any atom is -0.211 e. The first-order chi connectivity index (χ1) is 5.16. The third-order valence-corrected chi connectivity index (χ3v) is 2.65. The largest absolute Gasteiger partial charge is 0.254 e. The van der Waals surface area contributed by atoms with Crippen molar-refractivity contribution in [2.24, 2.45) is 16.8 Å². The van der Waals surface area contributed by atoms with Crippen molar-refractivity contribution >= 4 is 6.08 Å². The van der Waals surface area contributed by atoms with Crippen LogP contribution in [-0.4, -0.2) is 18.0 Å². The second kappa shape index (κ2) is 1.89. The molecule has 0 saturated heterocycles. The SMILES string of the molecule is O=C=NC1CC2C(C1)C2(F)F. The second-order valence-corrected chi connectivity index (χ2v) is 3.23. The molecule has 2 nitrogen and oxygen atoms in total. The van der Waals surface area contributed by atoms with Crippen LogP contribution in [-0.2, 0) is 4.79 Å². The molecule has 11 heavy (non-hydrogen) atoms. The number of fused-ring (bicyclic) bond motifs is 1. The molecule has 0 radical (unpaired) electrons. The van der Waals surface area contributed by atoms with E-state index >= 15 is 0 Å². The number of rotatable bonds is 1. The Hall–Kier alpha value is -0.760. The van der Waals surface area contributed by atoms with Gasteiger partial charge in [-0.1, -0.05) is 0 Å². The number of hydrogen-bond acceptors (Lipinski definition) is 2. The van der Waals surface area contributed by atoms with E-state index < -0.39 is 17.8 Å². The normalized spacial score (nSPS) is 44.4. The van der Waals surface area contributed by atoms with Gasteiger partial charge in [-0.05, 0) is 12.8 Å². The van der Waals surface area contributed by atoms with E-state index in [9.17, 15) is 13.6 Å². The molecule has 2 aliphatic rings. The summed E-state index contributed by atoms with van der Waals surface area (Å²) >= 11 is 0. The molecule has 0 bridgehead atoms. The molecule has 2 aliphatic carbocycles. The molecule has 2 rings (SSSR count). The van der Waals surface area contributed by atoms with Gasteiger partial charge >= 0.3 is 0 Å². The fraction of sp³-hybridized carbons (Fsp3) is 0.857. The third-order valence-electron chi connectivity index (χ3n) is 2.65. The van der Waals surface area contributed by atoms with E-state index in [1.165, 1.54) is 6.08 Å². The molecule has 0 spiro atoms. The van der Waals surface area contributed by atoms with Gasteiger partial charge in [-0.3, -0.25) is 0 Å². The van der Waals surface area contributed by atoms with Gasteiger partial charge in [0.15, 0.2) is 0 Å². The summed E-state index contributed by atoms with van der Waals surface area (Å²) < 4.78 is 25.0. The number of nitrogens with zero attached hydrogens (tertiary/aromatic N) is 1. The molecular weight excluding hydrogens is 152 g/mol. The Kier molecular flexibility index (Phi) is 1.19. The van der Waals surface area contributed by atoms with Crippen LogP contribution in [0.5, 0.6) is 0 Å². The summed E-state index contributed by atoms with van der Waals surface area (Å²) in [5, 5.41) is 0. The maximum atomic E-state index is 12.5. The van der Waals surface area contributed by atoms with Gasteiger partial charge in [0.25, 0.3) is 5.92 Å². The van der Waals surface area contributed by atoms with Crippen molar-refractivity contribution in [3.63, 3.8) is 0 Å². The van der Waals surface area contributed by atoms with E-state index in [0.717, 1.165) is 0 Å². The smallest absolute Gasteiger partial charge is 0.211 e. The number of alkyl halides is 2. The molecule has 0 aromatic carbocycles. The van der Waals surface area contributed by atoms with E-state index in [-0.39, 0.29) is 6.04 Å². The number of isocyanates is 1. The molecule has 0 aromatic heterocycles. The van der Waals surface area contributed by atoms with Crippen molar-refractivity contribution in [3.8, 4) is 0 Å². The minimum absolute atomic E-state index is 0.179. The monoisotopic (exact) mass is 159 g/mol. The molecule has 2 fully saturated rings. The summed E-state index contributed by atoms with van der Waals surface area (Å²) in [5.74, 6) is -3.44. The highest BCUT2D eigenvalue weighted by Crippen LogP contribution is 2.64. The maximum absolute atomic E-state index is 12.5. The first kappa shape index (κ1) is 6.92. The summed E-state index contributed by atoms with van der Waals surface area (Å²) in [5.41, 5.74) is 0. The number of hydrogen-bond donors (Lipinski definition) is 0. The lowest BCUT2D eigenvalue weighted by atomic mass is 10.1. The standard InChI is InChI=1S/C7H7F2NO/c8-7(9)5-1-4(10-3-11)2-6(5)7/h4-6H,1-2H2. The van der Waals surface area contributed by atoms with Crippen molar-refractivity contribution in [2.45, 2.75) is 24.8 Å². The van der Waals surface area contributed by atoms with E-state index in [4.69, 9.17) is 0 Å². The number of carbonyl (C=O) groups excluding carboxylic acids is 1. The van der Waals surface area contributed by atoms with Crippen LogP contribution in [0.1, 0.15) is 12.8 Å². The van der Waals surface area contributed by atoms with Crippen LogP contribution in [0.2, 0.25) is 0 Å². The van der Waals surface area contributed by atoms with E-state index in [2.05, 4.69) is 4.99 Å². The Morgan fingerprint density at radius 1 is 1.36 bits per heavy atom. The van der Waals surface area contributed by atoms with Crippen molar-refractivity contribution in [3.05, 3.63) is 0 Å². The minimum atomic E-state index is -2.45. The summed E-state index contributed by atoms with van der Waals surface area (Å²) in [6.45, 7) is 0. The van der Waals surface area contributed by atoms with Crippen molar-refractivity contribution in [1.29, 1.82) is 0 Å². The average Bonchev–Trinajstić information content (AvgIpc) is 2.37. The van der Waals surface area contributed by atoms with Gasteiger partial charge in [0, 0.05) is 11.8 Å². The van der Waals surface area contributed by atoms with Crippen molar-refractivity contribution < 1.29 is 13.6 Å². The molecule has 4 heteroatoms. The molecule has 0 aliphatic heterocycles. The summed E-state index contributed by atoms with van der Waals surface area (Å²) in [7, 11) is 0. The van der Waals surface area contributed by atoms with Crippen LogP contribution in [0.3, 0.4) is 0 Å². The molecule has 2 unspecified atom stereocenters. The van der Waals surface area contributed by atoms with Gasteiger partial charge in [-0.2, -0.15) is 0 Å². The summed E-state index contributed by atoms with van der Waals surface area (Å²) in [6.07, 6.45) is 2.14. The van der Waals surface area contributed by atoms with Gasteiger partial charge in [-0.15, -0.1) is 0 Å². The third kappa shape index (κ3) is 0.824. The van der Waals surface area contributed by atoms with Gasteiger partial charge in [0.2, 0.25) is 6.08 Å². The molecule has 0 amide bonds. The lowest BCUT2D eigenvalue weighted by Crippen LogP contribution is -2.09. The predicted octanol–water partition coefficient (Wildman–Crippen LogP) is 1.37. The number of halogens is 2. The molecule has 2 atom stereocenters. The van der Waals surface area contributed by atoms with Crippen molar-refractivity contribution in [1.82, 2.24) is 0 Å². The van der Waals surface area contributed by atoms with Gasteiger partial charge in [0.1, 0.15) is 0 Å². The highest BCUT2D eigenvalue weighted by Gasteiger charge is 2.71. The van der Waals surface area contributed by atoms with E-state index in [1.807, 2.05) is 0 Å². The Morgan fingerprint density at radius 2 is 1.91 bits per heavy atom. The van der Waals surface area contributed by atoms with Crippen LogP contribution >= 0.6 is 0 Å². The van der Waals surface area contributed by atoms with E-state index in [1.54, 1.807) is 0 Å². The Bertz CT molecular complexity index is 221. The Morgan fingerprint density at radius 3 is 2.36 bits per heavy atom. The fourth-order valence-electron chi connectivity index (χ4n) is 1.97.